The molecule has 0 heterocycles. The van der Waals surface area contributed by atoms with E-state index in [9.17, 15) is 4.79 Å². The van der Waals surface area contributed by atoms with Crippen molar-refractivity contribution < 1.29 is 4.79 Å². The summed E-state index contributed by atoms with van der Waals surface area (Å²) in [7, 11) is 0. The number of hydrogen-bond donors (Lipinski definition) is 2. The Labute approximate surface area is 170 Å². The number of fused-ring (bicyclic) bond motifs is 3. The molecule has 3 rings (SSSR count). The smallest absolute Gasteiger partial charge is 0.319 e. The van der Waals surface area contributed by atoms with Gasteiger partial charge in [-0.05, 0) is 59.4 Å². The lowest BCUT2D eigenvalue weighted by Crippen LogP contribution is -2.29. The van der Waals surface area contributed by atoms with Crippen molar-refractivity contribution in [3.63, 3.8) is 0 Å². The first-order chi connectivity index (χ1) is 13.2. The van der Waals surface area contributed by atoms with E-state index in [1.54, 1.807) is 0 Å². The normalized spacial score (nSPS) is 11.7. The van der Waals surface area contributed by atoms with Crippen molar-refractivity contribution in [2.75, 3.05) is 41.6 Å². The molecule has 2 aromatic rings. The summed E-state index contributed by atoms with van der Waals surface area (Å²) in [5.41, 5.74) is 6.99. The van der Waals surface area contributed by atoms with Gasteiger partial charge in [-0.25, -0.2) is 4.79 Å². The number of carbonyl (C=O) groups is 1. The van der Waals surface area contributed by atoms with Crippen LogP contribution in [0.25, 0.3) is 11.1 Å². The summed E-state index contributed by atoms with van der Waals surface area (Å²) in [5.74, 6) is 1.15. The van der Waals surface area contributed by atoms with Crippen molar-refractivity contribution in [1.29, 1.82) is 0 Å². The molecule has 0 radical (unpaired) electrons. The second-order valence-corrected chi connectivity index (χ2v) is 7.39. The quantitative estimate of drug-likeness (QED) is 0.513. The molecule has 0 atom stereocenters. The summed E-state index contributed by atoms with van der Waals surface area (Å²) >= 11 is 11.9. The van der Waals surface area contributed by atoms with Crippen molar-refractivity contribution >= 4 is 40.6 Å². The Hall–Kier alpha value is -1.91. The molecule has 0 saturated heterocycles. The Morgan fingerprint density at radius 1 is 1.04 bits per heavy atom. The van der Waals surface area contributed by atoms with Gasteiger partial charge in [-0.3, -0.25) is 0 Å². The monoisotopic (exact) mass is 405 g/mol. The standard InChI is InChI=1S/C21H25Cl2N3O/c1-2-9-24-21(27)25-17-3-5-19-15(13-17)12-16-14-18(4-6-20(16)19)26(10-7-22)11-8-23/h3-6,13-14H,2,7-12H2,1H3,(H2,24,25,27). The molecule has 0 spiro atoms. The second kappa shape index (κ2) is 9.34. The summed E-state index contributed by atoms with van der Waals surface area (Å²) in [6, 6.07) is 12.5. The number of benzene rings is 2. The van der Waals surface area contributed by atoms with Crippen molar-refractivity contribution in [2.45, 2.75) is 19.8 Å². The molecule has 2 amide bonds. The molecule has 1 aliphatic rings. The summed E-state index contributed by atoms with van der Waals surface area (Å²) in [4.78, 5) is 14.1. The molecule has 0 aromatic heterocycles. The lowest BCUT2D eigenvalue weighted by atomic mass is 10.0. The predicted molar refractivity (Wildman–Crippen MR) is 116 cm³/mol. The van der Waals surface area contributed by atoms with Crippen molar-refractivity contribution in [3.8, 4) is 11.1 Å². The summed E-state index contributed by atoms with van der Waals surface area (Å²) in [5, 5.41) is 5.74. The third-order valence-corrected chi connectivity index (χ3v) is 5.07. The van der Waals surface area contributed by atoms with E-state index >= 15 is 0 Å². The van der Waals surface area contributed by atoms with Crippen LogP contribution in [0.15, 0.2) is 36.4 Å². The third-order valence-electron chi connectivity index (χ3n) is 4.73. The first-order valence-electron chi connectivity index (χ1n) is 9.34. The topological polar surface area (TPSA) is 44.4 Å². The van der Waals surface area contributed by atoms with E-state index in [-0.39, 0.29) is 6.03 Å². The molecule has 2 aromatic carbocycles. The Balaban J connectivity index is 1.77. The molecule has 0 fully saturated rings. The highest BCUT2D eigenvalue weighted by Gasteiger charge is 2.20. The zero-order valence-electron chi connectivity index (χ0n) is 15.5. The highest BCUT2D eigenvalue weighted by molar-refractivity contribution is 6.18. The minimum absolute atomic E-state index is 0.160. The number of amides is 2. The van der Waals surface area contributed by atoms with Gasteiger partial charge >= 0.3 is 6.03 Å². The van der Waals surface area contributed by atoms with Crippen molar-refractivity contribution in [2.24, 2.45) is 0 Å². The van der Waals surface area contributed by atoms with Crippen molar-refractivity contribution in [1.82, 2.24) is 5.32 Å². The maximum atomic E-state index is 11.9. The minimum Gasteiger partial charge on any atom is -0.369 e. The highest BCUT2D eigenvalue weighted by atomic mass is 35.5. The number of anilines is 2. The fraction of sp³-hybridized carbons (Fsp3) is 0.381. The molecule has 0 unspecified atom stereocenters. The van der Waals surface area contributed by atoms with Gasteiger partial charge in [-0.15, -0.1) is 23.2 Å². The Kier molecular flexibility index (Phi) is 6.86. The largest absolute Gasteiger partial charge is 0.369 e. The number of urea groups is 1. The van der Waals surface area contributed by atoms with E-state index in [4.69, 9.17) is 23.2 Å². The van der Waals surface area contributed by atoms with Gasteiger partial charge in [0.05, 0.1) is 0 Å². The molecule has 2 N–H and O–H groups in total. The van der Waals surface area contributed by atoms with Crippen LogP contribution in [0.1, 0.15) is 24.5 Å². The van der Waals surface area contributed by atoms with E-state index in [1.165, 1.54) is 22.3 Å². The highest BCUT2D eigenvalue weighted by Crippen LogP contribution is 2.39. The molecular weight excluding hydrogens is 381 g/mol. The summed E-state index contributed by atoms with van der Waals surface area (Å²) in [6.07, 6.45) is 1.78. The zero-order chi connectivity index (χ0) is 19.2. The zero-order valence-corrected chi connectivity index (χ0v) is 17.0. The Bertz CT molecular complexity index is 804. The van der Waals surface area contributed by atoms with Crippen LogP contribution in [-0.4, -0.2) is 37.4 Å². The summed E-state index contributed by atoms with van der Waals surface area (Å²) in [6.45, 7) is 4.26. The Morgan fingerprint density at radius 3 is 2.37 bits per heavy atom. The third kappa shape index (κ3) is 4.69. The van der Waals surface area contributed by atoms with E-state index in [0.29, 0.717) is 18.3 Å². The van der Waals surface area contributed by atoms with Crippen LogP contribution in [0.5, 0.6) is 0 Å². The van der Waals surface area contributed by atoms with E-state index in [1.807, 2.05) is 13.0 Å². The van der Waals surface area contributed by atoms with Gasteiger partial charge in [-0.2, -0.15) is 0 Å². The first kappa shape index (κ1) is 19.8. The van der Waals surface area contributed by atoms with Gasteiger partial charge < -0.3 is 15.5 Å². The van der Waals surface area contributed by atoms with Crippen LogP contribution in [0.3, 0.4) is 0 Å². The van der Waals surface area contributed by atoms with E-state index < -0.39 is 0 Å². The molecule has 0 saturated carbocycles. The van der Waals surface area contributed by atoms with Crippen LogP contribution in [0.2, 0.25) is 0 Å². The lowest BCUT2D eigenvalue weighted by molar-refractivity contribution is 0.252. The van der Waals surface area contributed by atoms with Crippen LogP contribution < -0.4 is 15.5 Å². The predicted octanol–water partition coefficient (Wildman–Crippen LogP) is 5.07. The maximum Gasteiger partial charge on any atom is 0.319 e. The molecule has 0 aliphatic heterocycles. The van der Waals surface area contributed by atoms with Crippen LogP contribution in [0.4, 0.5) is 16.2 Å². The van der Waals surface area contributed by atoms with Crippen LogP contribution >= 0.6 is 23.2 Å². The number of nitrogens with one attached hydrogen (secondary N) is 2. The van der Waals surface area contributed by atoms with E-state index in [2.05, 4.69) is 45.9 Å². The molecular formula is C21H25Cl2N3O. The molecule has 6 heteroatoms. The average molecular weight is 406 g/mol. The fourth-order valence-corrected chi connectivity index (χ4v) is 3.87. The molecule has 4 nitrogen and oxygen atoms in total. The summed E-state index contributed by atoms with van der Waals surface area (Å²) < 4.78 is 0. The first-order valence-corrected chi connectivity index (χ1v) is 10.4. The lowest BCUT2D eigenvalue weighted by Gasteiger charge is -2.23. The Morgan fingerprint density at radius 2 is 1.70 bits per heavy atom. The molecule has 144 valence electrons. The molecule has 1 aliphatic carbocycles. The van der Waals surface area contributed by atoms with Gasteiger partial charge in [0.1, 0.15) is 0 Å². The van der Waals surface area contributed by atoms with Gasteiger partial charge in [0.15, 0.2) is 0 Å². The van der Waals surface area contributed by atoms with Crippen LogP contribution in [-0.2, 0) is 6.42 Å². The number of halogens is 2. The number of carbonyl (C=O) groups excluding carboxylic acids is 1. The van der Waals surface area contributed by atoms with Crippen LogP contribution in [0, 0.1) is 0 Å². The molecule has 0 bridgehead atoms. The van der Waals surface area contributed by atoms with E-state index in [0.717, 1.165) is 37.3 Å². The SMILES string of the molecule is CCCNC(=O)Nc1ccc2c(c1)Cc1cc(N(CCCl)CCCl)ccc1-2. The van der Waals surface area contributed by atoms with Gasteiger partial charge in [-0.1, -0.05) is 19.1 Å². The maximum absolute atomic E-state index is 11.9. The minimum atomic E-state index is -0.160. The van der Waals surface area contributed by atoms with Crippen molar-refractivity contribution in [3.05, 3.63) is 47.5 Å². The average Bonchev–Trinajstić information content (AvgIpc) is 3.03. The van der Waals surface area contributed by atoms with Gasteiger partial charge in [0.25, 0.3) is 0 Å². The number of hydrogen-bond acceptors (Lipinski definition) is 2. The molecule has 27 heavy (non-hydrogen) atoms. The van der Waals surface area contributed by atoms with Gasteiger partial charge in [0.2, 0.25) is 0 Å². The number of alkyl halides is 2. The second-order valence-electron chi connectivity index (χ2n) is 6.64. The number of rotatable bonds is 8. The number of nitrogens with zero attached hydrogens (tertiary/aromatic N) is 1. The van der Waals surface area contributed by atoms with Gasteiger partial charge in [0, 0.05) is 42.8 Å². The fourth-order valence-electron chi connectivity index (χ4n) is 3.46.